The number of hydrogen-bond donors (Lipinski definition) is 0. The van der Waals surface area contributed by atoms with E-state index in [4.69, 9.17) is 0 Å². The quantitative estimate of drug-likeness (QED) is 0.608. The number of fused-ring (bicyclic) bond motifs is 1. The molecule has 3 rings (SSSR count). The molecule has 0 aliphatic rings. The van der Waals surface area contributed by atoms with E-state index in [9.17, 15) is 0 Å². The Hall–Kier alpha value is -1.61. The van der Waals surface area contributed by atoms with E-state index in [0.29, 0.717) is 0 Å². The average Bonchev–Trinajstić information content (AvgIpc) is 2.80. The highest BCUT2D eigenvalue weighted by Crippen LogP contribution is 2.29. The van der Waals surface area contributed by atoms with Crippen LogP contribution >= 0.6 is 15.9 Å². The van der Waals surface area contributed by atoms with Gasteiger partial charge in [-0.15, -0.1) is 0 Å². The molecule has 0 saturated carbocycles. The minimum atomic E-state index is 0.120. The van der Waals surface area contributed by atoms with E-state index in [0.717, 1.165) is 21.2 Å². The molecule has 102 valence electrons. The predicted molar refractivity (Wildman–Crippen MR) is 87.5 cm³/mol. The summed E-state index contributed by atoms with van der Waals surface area (Å²) in [5.74, 6) is 0. The monoisotopic (exact) mass is 328 g/mol. The Morgan fingerprint density at radius 2 is 1.80 bits per heavy atom. The molecule has 0 aliphatic heterocycles. The van der Waals surface area contributed by atoms with Gasteiger partial charge >= 0.3 is 0 Å². The Labute approximate surface area is 127 Å². The van der Waals surface area contributed by atoms with Gasteiger partial charge in [0, 0.05) is 10.2 Å². The van der Waals surface area contributed by atoms with E-state index < -0.39 is 0 Å². The first-order valence-corrected chi connectivity index (χ1v) is 7.48. The normalized spacial score (nSPS) is 12.0. The lowest BCUT2D eigenvalue weighted by Crippen LogP contribution is -2.11. The minimum absolute atomic E-state index is 0.120. The first-order valence-electron chi connectivity index (χ1n) is 6.69. The Morgan fingerprint density at radius 3 is 2.55 bits per heavy atom. The fourth-order valence-corrected chi connectivity index (χ4v) is 2.79. The Bertz CT molecular complexity index is 766. The van der Waals surface area contributed by atoms with E-state index in [1.807, 2.05) is 24.5 Å². The van der Waals surface area contributed by atoms with Gasteiger partial charge in [0.25, 0.3) is 0 Å². The summed E-state index contributed by atoms with van der Waals surface area (Å²) in [5, 5.41) is 0. The number of halogens is 1. The smallest absolute Gasteiger partial charge is 0.100 e. The van der Waals surface area contributed by atoms with Crippen molar-refractivity contribution in [3.05, 3.63) is 58.8 Å². The maximum atomic E-state index is 4.46. The van der Waals surface area contributed by atoms with E-state index in [-0.39, 0.29) is 5.41 Å². The molecule has 0 fully saturated rings. The number of rotatable bonds is 1. The molecular weight excluding hydrogens is 312 g/mol. The molecule has 2 aromatic carbocycles. The van der Waals surface area contributed by atoms with Gasteiger partial charge in [0.15, 0.2) is 0 Å². The Balaban J connectivity index is 2.22. The van der Waals surface area contributed by atoms with Crippen LogP contribution in [0.1, 0.15) is 26.3 Å². The highest BCUT2D eigenvalue weighted by atomic mass is 79.9. The summed E-state index contributed by atoms with van der Waals surface area (Å²) in [4.78, 5) is 4.46. The standard InChI is InChI=1S/C17H17BrN2/c1-17(2,3)12-8-13(18)10-14(9-12)20-11-19-15-6-4-5-7-16(15)20/h4-11H,1-3H3. The highest BCUT2D eigenvalue weighted by Gasteiger charge is 2.16. The molecule has 3 heteroatoms. The van der Waals surface area contributed by atoms with Crippen molar-refractivity contribution < 1.29 is 0 Å². The maximum Gasteiger partial charge on any atom is 0.100 e. The van der Waals surface area contributed by atoms with Crippen molar-refractivity contribution in [2.24, 2.45) is 0 Å². The highest BCUT2D eigenvalue weighted by molar-refractivity contribution is 9.10. The molecule has 0 radical (unpaired) electrons. The van der Waals surface area contributed by atoms with Gasteiger partial charge < -0.3 is 0 Å². The van der Waals surface area contributed by atoms with Crippen LogP contribution in [0.5, 0.6) is 0 Å². The summed E-state index contributed by atoms with van der Waals surface area (Å²) in [6, 6.07) is 14.7. The molecular formula is C17H17BrN2. The number of aromatic nitrogens is 2. The molecule has 0 saturated heterocycles. The molecule has 1 aromatic heterocycles. The first-order chi connectivity index (χ1) is 9.45. The van der Waals surface area contributed by atoms with Crippen LogP contribution in [0.25, 0.3) is 16.7 Å². The van der Waals surface area contributed by atoms with Gasteiger partial charge in [-0.3, -0.25) is 4.57 Å². The van der Waals surface area contributed by atoms with Crippen LogP contribution in [0.15, 0.2) is 53.3 Å². The van der Waals surface area contributed by atoms with Crippen LogP contribution in [-0.4, -0.2) is 9.55 Å². The van der Waals surface area contributed by atoms with Gasteiger partial charge in [-0.25, -0.2) is 4.98 Å². The number of hydrogen-bond acceptors (Lipinski definition) is 1. The van der Waals surface area contributed by atoms with Gasteiger partial charge in [0.1, 0.15) is 6.33 Å². The SMILES string of the molecule is CC(C)(C)c1cc(Br)cc(-n2cnc3ccccc32)c1. The second-order valence-corrected chi connectivity index (χ2v) is 6.97. The topological polar surface area (TPSA) is 17.8 Å². The van der Waals surface area contributed by atoms with Crippen LogP contribution in [0.4, 0.5) is 0 Å². The average molecular weight is 329 g/mol. The van der Waals surface area contributed by atoms with Crippen molar-refractivity contribution in [3.63, 3.8) is 0 Å². The van der Waals surface area contributed by atoms with Crippen LogP contribution < -0.4 is 0 Å². The number of para-hydroxylation sites is 2. The molecule has 0 unspecified atom stereocenters. The van der Waals surface area contributed by atoms with Crippen molar-refractivity contribution in [1.29, 1.82) is 0 Å². The molecule has 1 heterocycles. The summed E-state index contributed by atoms with van der Waals surface area (Å²) in [6.45, 7) is 6.68. The molecule has 0 N–H and O–H groups in total. The van der Waals surface area contributed by atoms with Crippen molar-refractivity contribution >= 4 is 27.0 Å². The maximum absolute atomic E-state index is 4.46. The molecule has 3 aromatic rings. The second kappa shape index (κ2) is 4.74. The predicted octanol–water partition coefficient (Wildman–Crippen LogP) is 5.09. The Morgan fingerprint density at radius 1 is 1.05 bits per heavy atom. The fourth-order valence-electron chi connectivity index (χ4n) is 2.31. The molecule has 20 heavy (non-hydrogen) atoms. The minimum Gasteiger partial charge on any atom is -0.299 e. The van der Waals surface area contributed by atoms with E-state index >= 15 is 0 Å². The molecule has 0 bridgehead atoms. The molecule has 2 nitrogen and oxygen atoms in total. The lowest BCUT2D eigenvalue weighted by Gasteiger charge is -2.20. The summed E-state index contributed by atoms with van der Waals surface area (Å²) in [7, 11) is 0. The molecule has 0 amide bonds. The van der Waals surface area contributed by atoms with Crippen LogP contribution in [0.3, 0.4) is 0 Å². The molecule has 0 atom stereocenters. The lowest BCUT2D eigenvalue weighted by molar-refractivity contribution is 0.589. The zero-order valence-corrected chi connectivity index (χ0v) is 13.5. The zero-order valence-electron chi connectivity index (χ0n) is 11.9. The third-order valence-electron chi connectivity index (χ3n) is 3.48. The number of benzene rings is 2. The van der Waals surface area contributed by atoms with Crippen molar-refractivity contribution in [2.45, 2.75) is 26.2 Å². The number of imidazole rings is 1. The number of nitrogens with zero attached hydrogens (tertiary/aromatic N) is 2. The summed E-state index contributed by atoms with van der Waals surface area (Å²) < 4.78 is 3.23. The van der Waals surface area contributed by atoms with Gasteiger partial charge in [-0.2, -0.15) is 0 Å². The van der Waals surface area contributed by atoms with Gasteiger partial charge in [-0.1, -0.05) is 48.8 Å². The third kappa shape index (κ3) is 2.38. The third-order valence-corrected chi connectivity index (χ3v) is 3.94. The molecule has 0 spiro atoms. The van der Waals surface area contributed by atoms with E-state index in [1.54, 1.807) is 0 Å². The summed E-state index contributed by atoms with van der Waals surface area (Å²) in [6.07, 6.45) is 1.89. The summed E-state index contributed by atoms with van der Waals surface area (Å²) >= 11 is 3.62. The lowest BCUT2D eigenvalue weighted by atomic mass is 9.87. The van der Waals surface area contributed by atoms with E-state index in [2.05, 4.69) is 70.5 Å². The van der Waals surface area contributed by atoms with Crippen molar-refractivity contribution in [2.75, 3.05) is 0 Å². The van der Waals surface area contributed by atoms with Gasteiger partial charge in [-0.05, 0) is 41.3 Å². The fraction of sp³-hybridized carbons (Fsp3) is 0.235. The zero-order chi connectivity index (χ0) is 14.3. The van der Waals surface area contributed by atoms with Crippen LogP contribution in [-0.2, 0) is 5.41 Å². The first kappa shape index (κ1) is 13.4. The van der Waals surface area contributed by atoms with Crippen LogP contribution in [0.2, 0.25) is 0 Å². The van der Waals surface area contributed by atoms with E-state index in [1.165, 1.54) is 5.56 Å². The van der Waals surface area contributed by atoms with Gasteiger partial charge in [0.05, 0.1) is 11.0 Å². The van der Waals surface area contributed by atoms with Crippen molar-refractivity contribution in [3.8, 4) is 5.69 Å². The molecule has 0 aliphatic carbocycles. The van der Waals surface area contributed by atoms with Gasteiger partial charge in [0.2, 0.25) is 0 Å². The second-order valence-electron chi connectivity index (χ2n) is 6.05. The van der Waals surface area contributed by atoms with Crippen molar-refractivity contribution in [1.82, 2.24) is 9.55 Å². The van der Waals surface area contributed by atoms with Crippen LogP contribution in [0, 0.1) is 0 Å². The Kier molecular flexibility index (Phi) is 3.17. The summed E-state index contributed by atoms with van der Waals surface area (Å²) in [5.41, 5.74) is 4.71. The largest absolute Gasteiger partial charge is 0.299 e.